The van der Waals surface area contributed by atoms with E-state index in [0.29, 0.717) is 13.1 Å². The highest BCUT2D eigenvalue weighted by molar-refractivity contribution is 5.99. The fourth-order valence-corrected chi connectivity index (χ4v) is 2.27. The van der Waals surface area contributed by atoms with Crippen molar-refractivity contribution in [2.45, 2.75) is 59.1 Å². The molecule has 1 aromatic carbocycles. The number of nitrogens with zero attached hydrogens (tertiary/aromatic N) is 1. The van der Waals surface area contributed by atoms with Gasteiger partial charge in [-0.05, 0) is 32.8 Å². The van der Waals surface area contributed by atoms with E-state index in [2.05, 4.69) is 0 Å². The number of hydrogen-bond donors (Lipinski definition) is 1. The van der Waals surface area contributed by atoms with Gasteiger partial charge >= 0.3 is 12.5 Å². The Hall–Kier alpha value is -2.51. The van der Waals surface area contributed by atoms with Crippen molar-refractivity contribution in [2.75, 3.05) is 13.1 Å². The summed E-state index contributed by atoms with van der Waals surface area (Å²) < 4.78 is 29.7. The van der Waals surface area contributed by atoms with Gasteiger partial charge in [-0.3, -0.25) is 9.59 Å². The quantitative estimate of drug-likeness (QED) is 0.642. The molecule has 156 valence electrons. The van der Waals surface area contributed by atoms with Gasteiger partial charge in [0.05, 0.1) is 6.54 Å². The Labute approximate surface area is 164 Å². The summed E-state index contributed by atoms with van der Waals surface area (Å²) in [5.41, 5.74) is 0.492. The van der Waals surface area contributed by atoms with E-state index in [1.165, 1.54) is 0 Å². The number of ether oxygens (including phenoxy) is 1. The maximum atomic E-state index is 12.4. The van der Waals surface area contributed by atoms with Gasteiger partial charge in [0.15, 0.2) is 5.78 Å². The molecule has 0 radical (unpaired) electrons. The Kier molecular flexibility index (Phi) is 9.02. The minimum absolute atomic E-state index is 0.288. The molecular formula is C20H28F2N2O4. The molecule has 0 spiro atoms. The number of ketones is 1. The fraction of sp³-hybridized carbons (Fsp3) is 0.550. The van der Waals surface area contributed by atoms with Crippen LogP contribution in [0.25, 0.3) is 0 Å². The van der Waals surface area contributed by atoms with Crippen molar-refractivity contribution in [2.24, 2.45) is 0 Å². The summed E-state index contributed by atoms with van der Waals surface area (Å²) in [5, 5.41) is 1.88. The minimum Gasteiger partial charge on any atom is -0.444 e. The van der Waals surface area contributed by atoms with E-state index < -0.39 is 36.4 Å². The highest BCUT2D eigenvalue weighted by atomic mass is 19.3. The zero-order chi connectivity index (χ0) is 21.3. The number of nitrogens with one attached hydrogen (secondary N) is 1. The number of hydrogen-bond acceptors (Lipinski definition) is 4. The monoisotopic (exact) mass is 398 g/mol. The fourth-order valence-electron chi connectivity index (χ4n) is 2.27. The highest BCUT2D eigenvalue weighted by Gasteiger charge is 2.22. The predicted molar refractivity (Wildman–Crippen MR) is 101 cm³/mol. The maximum absolute atomic E-state index is 12.4. The van der Waals surface area contributed by atoms with Crippen molar-refractivity contribution in [3.63, 3.8) is 0 Å². The molecule has 0 bridgehead atoms. The Morgan fingerprint density at radius 3 is 2.25 bits per heavy atom. The summed E-state index contributed by atoms with van der Waals surface area (Å²) in [6.07, 6.45) is -1.80. The van der Waals surface area contributed by atoms with E-state index >= 15 is 0 Å². The van der Waals surface area contributed by atoms with Gasteiger partial charge in [-0.1, -0.05) is 37.6 Å². The molecule has 1 rings (SSSR count). The van der Waals surface area contributed by atoms with Crippen LogP contribution in [0.15, 0.2) is 24.3 Å². The standard InChI is InChI=1S/C20H28F2N2O4/c1-5-6-11-24(19(27)28-20(2,3)4)13-14-7-9-15(10-8-14)16(25)12-23-18(26)17(21)22/h7-10,17H,5-6,11-13H2,1-4H3,(H,23,26). The average molecular weight is 398 g/mol. The van der Waals surface area contributed by atoms with E-state index in [-0.39, 0.29) is 5.56 Å². The average Bonchev–Trinajstić information content (AvgIpc) is 2.61. The second kappa shape index (κ2) is 10.7. The van der Waals surface area contributed by atoms with E-state index in [0.717, 1.165) is 18.4 Å². The summed E-state index contributed by atoms with van der Waals surface area (Å²) in [6, 6.07) is 6.45. The van der Waals surface area contributed by atoms with Crippen molar-refractivity contribution in [1.82, 2.24) is 10.2 Å². The molecule has 8 heteroatoms. The Morgan fingerprint density at radius 2 is 1.75 bits per heavy atom. The largest absolute Gasteiger partial charge is 0.444 e. The summed E-state index contributed by atoms with van der Waals surface area (Å²) in [7, 11) is 0. The van der Waals surface area contributed by atoms with Crippen LogP contribution in [0.5, 0.6) is 0 Å². The molecule has 2 amide bonds. The molecule has 1 N–H and O–H groups in total. The first-order valence-corrected chi connectivity index (χ1v) is 9.19. The van der Waals surface area contributed by atoms with Crippen LogP contribution < -0.4 is 5.32 Å². The second-order valence-electron chi connectivity index (χ2n) is 7.39. The van der Waals surface area contributed by atoms with Gasteiger partial charge in [0.1, 0.15) is 5.60 Å². The summed E-state index contributed by atoms with van der Waals surface area (Å²) >= 11 is 0. The lowest BCUT2D eigenvalue weighted by Gasteiger charge is -2.27. The molecule has 0 fully saturated rings. The van der Waals surface area contributed by atoms with Crippen molar-refractivity contribution in [3.05, 3.63) is 35.4 Å². The molecular weight excluding hydrogens is 370 g/mol. The first-order chi connectivity index (χ1) is 13.0. The zero-order valence-electron chi connectivity index (χ0n) is 16.8. The molecule has 0 unspecified atom stereocenters. The Bertz CT molecular complexity index is 670. The molecule has 0 atom stereocenters. The molecule has 0 aromatic heterocycles. The second-order valence-corrected chi connectivity index (χ2v) is 7.39. The third-order valence-electron chi connectivity index (χ3n) is 3.70. The molecule has 0 aliphatic rings. The molecule has 6 nitrogen and oxygen atoms in total. The van der Waals surface area contributed by atoms with Gasteiger partial charge in [0.2, 0.25) is 0 Å². The van der Waals surface area contributed by atoms with Gasteiger partial charge in [-0.2, -0.15) is 8.78 Å². The number of carbonyl (C=O) groups is 3. The SMILES string of the molecule is CCCCN(Cc1ccc(C(=O)CNC(=O)C(F)F)cc1)C(=O)OC(C)(C)C. The van der Waals surface area contributed by atoms with E-state index in [1.54, 1.807) is 49.9 Å². The number of alkyl halides is 2. The van der Waals surface area contributed by atoms with E-state index in [9.17, 15) is 23.2 Å². The van der Waals surface area contributed by atoms with Gasteiger partial charge in [-0.15, -0.1) is 0 Å². The lowest BCUT2D eigenvalue weighted by Crippen LogP contribution is -2.37. The number of benzene rings is 1. The smallest absolute Gasteiger partial charge is 0.410 e. The first kappa shape index (κ1) is 23.5. The van der Waals surface area contributed by atoms with Crippen LogP contribution in [0.2, 0.25) is 0 Å². The summed E-state index contributed by atoms with van der Waals surface area (Å²) in [4.78, 5) is 36.8. The van der Waals surface area contributed by atoms with E-state index in [4.69, 9.17) is 4.74 Å². The Balaban J connectivity index is 2.74. The summed E-state index contributed by atoms with van der Waals surface area (Å²) in [5.74, 6) is -1.95. The number of Topliss-reactive ketones (excluding diaryl/α,β-unsaturated/α-hetero) is 1. The number of rotatable bonds is 9. The number of carbonyl (C=O) groups excluding carboxylic acids is 3. The van der Waals surface area contributed by atoms with Crippen LogP contribution in [-0.4, -0.2) is 47.8 Å². The summed E-state index contributed by atoms with van der Waals surface area (Å²) in [6.45, 7) is 7.81. The van der Waals surface area contributed by atoms with Crippen LogP contribution in [0.4, 0.5) is 13.6 Å². The molecule has 0 saturated heterocycles. The van der Waals surface area contributed by atoms with Crippen molar-refractivity contribution < 1.29 is 27.9 Å². The number of unbranched alkanes of at least 4 members (excludes halogenated alkanes) is 1. The zero-order valence-corrected chi connectivity index (χ0v) is 16.8. The van der Waals surface area contributed by atoms with Crippen LogP contribution in [0, 0.1) is 0 Å². The van der Waals surface area contributed by atoms with Crippen molar-refractivity contribution in [3.8, 4) is 0 Å². The maximum Gasteiger partial charge on any atom is 0.410 e. The van der Waals surface area contributed by atoms with Gasteiger partial charge < -0.3 is 15.0 Å². The Morgan fingerprint density at radius 1 is 1.14 bits per heavy atom. The molecule has 0 aliphatic carbocycles. The van der Waals surface area contributed by atoms with Crippen LogP contribution in [-0.2, 0) is 16.1 Å². The molecule has 28 heavy (non-hydrogen) atoms. The molecule has 0 saturated carbocycles. The third kappa shape index (κ3) is 8.45. The highest BCUT2D eigenvalue weighted by Crippen LogP contribution is 2.14. The van der Waals surface area contributed by atoms with E-state index in [1.807, 2.05) is 12.2 Å². The van der Waals surface area contributed by atoms with Crippen molar-refractivity contribution >= 4 is 17.8 Å². The molecule has 1 aromatic rings. The number of amides is 2. The number of halogens is 2. The van der Waals surface area contributed by atoms with Crippen LogP contribution >= 0.6 is 0 Å². The minimum atomic E-state index is -3.16. The van der Waals surface area contributed by atoms with Crippen LogP contribution in [0.3, 0.4) is 0 Å². The van der Waals surface area contributed by atoms with Gasteiger partial charge in [-0.25, -0.2) is 4.79 Å². The van der Waals surface area contributed by atoms with Crippen molar-refractivity contribution in [1.29, 1.82) is 0 Å². The predicted octanol–water partition coefficient (Wildman–Crippen LogP) is 3.79. The molecule has 0 heterocycles. The van der Waals surface area contributed by atoms with Gasteiger partial charge in [0.25, 0.3) is 5.91 Å². The topological polar surface area (TPSA) is 75.7 Å². The normalized spacial score (nSPS) is 11.2. The first-order valence-electron chi connectivity index (χ1n) is 9.19. The third-order valence-corrected chi connectivity index (χ3v) is 3.70. The lowest BCUT2D eigenvalue weighted by atomic mass is 10.1. The van der Waals surface area contributed by atoms with Gasteiger partial charge in [0, 0.05) is 18.7 Å². The van der Waals surface area contributed by atoms with Crippen LogP contribution in [0.1, 0.15) is 56.5 Å². The lowest BCUT2D eigenvalue weighted by molar-refractivity contribution is -0.131. The molecule has 0 aliphatic heterocycles.